The molecule has 0 spiro atoms. The Morgan fingerprint density at radius 2 is 1.41 bits per heavy atom. The van der Waals surface area contributed by atoms with Gasteiger partial charge in [-0.05, 0) is 29.9 Å². The lowest BCUT2D eigenvalue weighted by Crippen LogP contribution is -2.30. The van der Waals surface area contributed by atoms with E-state index in [1.165, 1.54) is 62.8 Å². The largest absolute Gasteiger partial charge is 0.271 e. The summed E-state index contributed by atoms with van der Waals surface area (Å²) in [5.74, 6) is 0.788. The zero-order valence-corrected chi connectivity index (χ0v) is 22.8. The van der Waals surface area contributed by atoms with Crippen molar-refractivity contribution in [2.45, 2.75) is 76.4 Å². The van der Waals surface area contributed by atoms with E-state index in [1.54, 1.807) is 23.9 Å². The Balaban J connectivity index is 1.57. The normalized spacial score (nSPS) is 15.8. The quantitative estimate of drug-likeness (QED) is 0.224. The molecule has 2 aromatic carbocycles. The van der Waals surface area contributed by atoms with Crippen LogP contribution in [0.2, 0.25) is 15.1 Å². The molecule has 0 fully saturated rings. The van der Waals surface area contributed by atoms with Crippen LogP contribution in [-0.2, 0) is 4.79 Å². The van der Waals surface area contributed by atoms with E-state index < -0.39 is 0 Å². The number of nitrogens with zero attached hydrogens (tertiary/aromatic N) is 2. The van der Waals surface area contributed by atoms with E-state index in [-0.39, 0.29) is 11.2 Å². The van der Waals surface area contributed by atoms with E-state index in [0.717, 1.165) is 23.4 Å². The molecule has 0 N–H and O–H groups in total. The number of carbonyl (C=O) groups is 1. The molecule has 1 atom stereocenters. The number of thioether (sulfide) groups is 1. The predicted octanol–water partition coefficient (Wildman–Crippen LogP) is 9.42. The molecule has 0 bridgehead atoms. The van der Waals surface area contributed by atoms with Gasteiger partial charge in [0.1, 0.15) is 10.9 Å². The zero-order chi connectivity index (χ0) is 24.3. The zero-order valence-electron chi connectivity index (χ0n) is 19.7. The summed E-state index contributed by atoms with van der Waals surface area (Å²) in [7, 11) is 0. The summed E-state index contributed by atoms with van der Waals surface area (Å²) in [5.41, 5.74) is 2.05. The highest BCUT2D eigenvalue weighted by Crippen LogP contribution is 2.40. The van der Waals surface area contributed by atoms with Crippen molar-refractivity contribution < 1.29 is 4.79 Å². The Morgan fingerprint density at radius 1 is 0.853 bits per heavy atom. The molecule has 0 saturated carbocycles. The summed E-state index contributed by atoms with van der Waals surface area (Å²) in [5, 5.41) is 6.68. The first-order valence-corrected chi connectivity index (χ1v) is 14.4. The molecule has 1 aliphatic rings. The molecule has 34 heavy (non-hydrogen) atoms. The minimum Gasteiger partial charge on any atom is -0.271 e. The molecule has 1 heterocycles. The number of rotatable bonds is 14. The van der Waals surface area contributed by atoms with E-state index in [0.29, 0.717) is 20.8 Å². The molecule has 7 heteroatoms. The summed E-state index contributed by atoms with van der Waals surface area (Å²) in [6.45, 7) is 2.26. The highest BCUT2D eigenvalue weighted by molar-refractivity contribution is 8.01. The van der Waals surface area contributed by atoms with Gasteiger partial charge in [0.15, 0.2) is 0 Å². The highest BCUT2D eigenvalue weighted by Gasteiger charge is 2.39. The number of hydrogen-bond donors (Lipinski definition) is 0. The first kappa shape index (κ1) is 27.4. The molecule has 1 unspecified atom stereocenters. The third-order valence-electron chi connectivity index (χ3n) is 5.93. The van der Waals surface area contributed by atoms with Crippen molar-refractivity contribution in [3.63, 3.8) is 0 Å². The number of hydrazone groups is 1. The maximum atomic E-state index is 13.4. The van der Waals surface area contributed by atoms with Crippen LogP contribution in [-0.4, -0.2) is 22.6 Å². The van der Waals surface area contributed by atoms with Gasteiger partial charge in [0.2, 0.25) is 0 Å². The third-order valence-corrected chi connectivity index (χ3v) is 8.01. The average Bonchev–Trinajstić information content (AvgIpc) is 3.13. The number of amides is 1. The Hall–Kier alpha value is -1.20. The molecule has 3 rings (SSSR count). The van der Waals surface area contributed by atoms with Crippen molar-refractivity contribution in [3.8, 4) is 0 Å². The lowest BCUT2D eigenvalue weighted by molar-refractivity contribution is -0.116. The molecule has 1 amide bonds. The van der Waals surface area contributed by atoms with Crippen LogP contribution in [0.5, 0.6) is 0 Å². The van der Waals surface area contributed by atoms with Crippen LogP contribution in [0.1, 0.15) is 76.7 Å². The summed E-state index contributed by atoms with van der Waals surface area (Å²) in [6, 6.07) is 13.0. The van der Waals surface area contributed by atoms with Crippen molar-refractivity contribution in [2.24, 2.45) is 5.10 Å². The van der Waals surface area contributed by atoms with Gasteiger partial charge in [-0.25, -0.2) is 0 Å². The minimum atomic E-state index is -0.385. The van der Waals surface area contributed by atoms with E-state index in [1.807, 2.05) is 30.3 Å². The fraction of sp³-hybridized carbons (Fsp3) is 0.481. The van der Waals surface area contributed by atoms with Gasteiger partial charge in [0, 0.05) is 5.02 Å². The van der Waals surface area contributed by atoms with E-state index >= 15 is 0 Å². The van der Waals surface area contributed by atoms with Crippen molar-refractivity contribution in [1.82, 2.24) is 0 Å². The molecule has 184 valence electrons. The Labute approximate surface area is 223 Å². The third kappa shape index (κ3) is 7.65. The van der Waals surface area contributed by atoms with Crippen molar-refractivity contribution in [1.29, 1.82) is 0 Å². The van der Waals surface area contributed by atoms with Crippen LogP contribution >= 0.6 is 46.6 Å². The van der Waals surface area contributed by atoms with Crippen LogP contribution in [0.15, 0.2) is 47.6 Å². The van der Waals surface area contributed by atoms with Crippen LogP contribution in [0.4, 0.5) is 5.69 Å². The molecule has 2 aromatic rings. The number of hydrogen-bond acceptors (Lipinski definition) is 3. The molecule has 3 nitrogen and oxygen atoms in total. The lowest BCUT2D eigenvalue weighted by atomic mass is 10.1. The first-order valence-electron chi connectivity index (χ1n) is 12.3. The monoisotopic (exact) mass is 538 g/mol. The van der Waals surface area contributed by atoms with Crippen molar-refractivity contribution in [2.75, 3.05) is 10.8 Å². The SMILES string of the molecule is CCCCCCCCCCCCSC1C(=O)N(c2c(Cl)cc(Cl)cc2Cl)N=C1c1ccccc1. The second-order valence-electron chi connectivity index (χ2n) is 8.65. The molecule has 0 aromatic heterocycles. The van der Waals surface area contributed by atoms with Crippen molar-refractivity contribution >= 4 is 63.9 Å². The maximum absolute atomic E-state index is 13.4. The molecule has 0 radical (unpaired) electrons. The summed E-state index contributed by atoms with van der Waals surface area (Å²) in [4.78, 5) is 13.4. The van der Waals surface area contributed by atoms with Crippen LogP contribution < -0.4 is 5.01 Å². The summed E-state index contributed by atoms with van der Waals surface area (Å²) in [6.07, 6.45) is 12.9. The second-order valence-corrected chi connectivity index (χ2v) is 11.1. The Morgan fingerprint density at radius 3 is 2.00 bits per heavy atom. The van der Waals surface area contributed by atoms with Gasteiger partial charge in [0.25, 0.3) is 5.91 Å². The molecule has 0 saturated heterocycles. The maximum Gasteiger partial charge on any atom is 0.266 e. The van der Waals surface area contributed by atoms with Gasteiger partial charge >= 0.3 is 0 Å². The van der Waals surface area contributed by atoms with Gasteiger partial charge in [-0.2, -0.15) is 10.1 Å². The lowest BCUT2D eigenvalue weighted by Gasteiger charge is -2.17. The minimum absolute atomic E-state index is 0.123. The topological polar surface area (TPSA) is 32.7 Å². The summed E-state index contributed by atoms with van der Waals surface area (Å²) >= 11 is 20.5. The Bertz CT molecular complexity index is 945. The second kappa shape index (κ2) is 14.4. The number of benzene rings is 2. The molecule has 1 aliphatic heterocycles. The van der Waals surface area contributed by atoms with Crippen LogP contribution in [0.3, 0.4) is 0 Å². The van der Waals surface area contributed by atoms with Crippen LogP contribution in [0, 0.1) is 0 Å². The fourth-order valence-corrected chi connectivity index (χ4v) is 6.26. The number of halogens is 3. The fourth-order valence-electron chi connectivity index (χ4n) is 4.09. The predicted molar refractivity (Wildman–Crippen MR) is 150 cm³/mol. The van der Waals surface area contributed by atoms with Crippen LogP contribution in [0.25, 0.3) is 0 Å². The Kier molecular flexibility index (Phi) is 11.6. The van der Waals surface area contributed by atoms with Gasteiger partial charge in [-0.3, -0.25) is 4.79 Å². The number of anilines is 1. The van der Waals surface area contributed by atoms with Gasteiger partial charge < -0.3 is 0 Å². The van der Waals surface area contributed by atoms with Gasteiger partial charge in [0.05, 0.1) is 15.8 Å². The summed E-state index contributed by atoms with van der Waals surface area (Å²) < 4.78 is 0. The van der Waals surface area contributed by atoms with Crippen molar-refractivity contribution in [3.05, 3.63) is 63.1 Å². The van der Waals surface area contributed by atoms with E-state index in [9.17, 15) is 4.79 Å². The number of unbranched alkanes of at least 4 members (excludes halogenated alkanes) is 9. The standard InChI is InChI=1S/C27H33Cl3N2OS/c1-2-3-4-5-6-7-8-9-10-14-17-34-26-24(20-15-12-11-13-16-20)31-32(27(26)33)25-22(29)18-21(28)19-23(25)30/h11-13,15-16,18-19,26H,2-10,14,17H2,1H3. The van der Waals surface area contributed by atoms with E-state index in [4.69, 9.17) is 34.8 Å². The van der Waals surface area contributed by atoms with E-state index in [2.05, 4.69) is 12.0 Å². The average molecular weight is 540 g/mol. The smallest absolute Gasteiger partial charge is 0.266 e. The van der Waals surface area contributed by atoms with Gasteiger partial charge in [-0.15, -0.1) is 11.8 Å². The molecular weight excluding hydrogens is 507 g/mol. The molecular formula is C27H33Cl3N2OS. The molecule has 0 aliphatic carbocycles. The highest BCUT2D eigenvalue weighted by atomic mass is 35.5. The number of carbonyl (C=O) groups excluding carboxylic acids is 1. The first-order chi connectivity index (χ1) is 16.5. The van der Waals surface area contributed by atoms with Gasteiger partial charge in [-0.1, -0.05) is 130 Å².